The Kier molecular flexibility index (Phi) is 4.65. The number of rotatable bonds is 1. The van der Waals surface area contributed by atoms with Gasteiger partial charge in [0.2, 0.25) is 0 Å². The number of hydrogen-bond donors (Lipinski definition) is 0. The second-order valence-electron chi connectivity index (χ2n) is 1.66. The Balaban J connectivity index is 0.000000640. The van der Waals surface area contributed by atoms with Crippen molar-refractivity contribution < 1.29 is 21.1 Å². The van der Waals surface area contributed by atoms with Crippen molar-refractivity contribution in [3.63, 3.8) is 0 Å². The summed E-state index contributed by atoms with van der Waals surface area (Å²) >= 11 is 0. The summed E-state index contributed by atoms with van der Waals surface area (Å²) in [4.78, 5) is 0. The van der Waals surface area contributed by atoms with Crippen LogP contribution in [0.5, 0.6) is 0 Å². The van der Waals surface area contributed by atoms with Crippen LogP contribution < -0.4 is 0 Å². The van der Waals surface area contributed by atoms with Gasteiger partial charge in [0.1, 0.15) is 0 Å². The molecule has 0 aliphatic rings. The van der Waals surface area contributed by atoms with Crippen molar-refractivity contribution in [2.24, 2.45) is 0 Å². The van der Waals surface area contributed by atoms with Crippen LogP contribution in [0.15, 0.2) is 30.3 Å². The van der Waals surface area contributed by atoms with E-state index in [1.54, 1.807) is 0 Å². The Labute approximate surface area is 69.5 Å². The fourth-order valence-electron chi connectivity index (χ4n) is 0.596. The first kappa shape index (κ1) is 8.87. The van der Waals surface area contributed by atoms with Crippen molar-refractivity contribution in [2.75, 3.05) is 0 Å². The standard InChI is InChI=1S/C7H8N.W/c8-6-7-4-2-1-3-5-7;/h1-5,8H,6H2;/q-1;. The van der Waals surface area contributed by atoms with Crippen LogP contribution in [0, 0.1) is 0 Å². The average molecular weight is 290 g/mol. The first-order chi connectivity index (χ1) is 3.93. The molecule has 1 aromatic carbocycles. The molecule has 0 heterocycles. The Bertz CT molecular complexity index is 150. The monoisotopic (exact) mass is 290 g/mol. The molecule has 0 spiro atoms. The van der Waals surface area contributed by atoms with Gasteiger partial charge in [0, 0.05) is 21.1 Å². The summed E-state index contributed by atoms with van der Waals surface area (Å²) in [5.41, 5.74) is 8.02. The summed E-state index contributed by atoms with van der Waals surface area (Å²) in [7, 11) is 0. The molecule has 1 rings (SSSR count). The molecule has 0 atom stereocenters. The quantitative estimate of drug-likeness (QED) is 0.757. The van der Waals surface area contributed by atoms with Crippen LogP contribution in [0.25, 0.3) is 5.73 Å². The van der Waals surface area contributed by atoms with Gasteiger partial charge in [-0.1, -0.05) is 35.9 Å². The second-order valence-corrected chi connectivity index (χ2v) is 1.66. The molecule has 2 heteroatoms. The zero-order valence-corrected chi connectivity index (χ0v) is 7.94. The largest absolute Gasteiger partial charge is 0.674 e. The Morgan fingerprint density at radius 1 is 1.11 bits per heavy atom. The molecule has 0 aliphatic heterocycles. The minimum Gasteiger partial charge on any atom is -0.674 e. The van der Waals surface area contributed by atoms with E-state index in [1.165, 1.54) is 0 Å². The third-order valence-electron chi connectivity index (χ3n) is 1.05. The number of nitrogens with one attached hydrogen (secondary N) is 1. The van der Waals surface area contributed by atoms with Crippen molar-refractivity contribution >= 4 is 0 Å². The minimum absolute atomic E-state index is 0. The maximum Gasteiger partial charge on any atom is 0 e. The first-order valence-corrected chi connectivity index (χ1v) is 2.62. The van der Waals surface area contributed by atoms with Crippen LogP contribution in [0.2, 0.25) is 0 Å². The van der Waals surface area contributed by atoms with Gasteiger partial charge >= 0.3 is 0 Å². The third kappa shape index (κ3) is 2.78. The van der Waals surface area contributed by atoms with Gasteiger partial charge in [-0.2, -0.15) is 0 Å². The molecule has 0 saturated carbocycles. The van der Waals surface area contributed by atoms with Crippen molar-refractivity contribution in [3.8, 4) is 0 Å². The fraction of sp³-hybridized carbons (Fsp3) is 0.143. The SMILES string of the molecule is [NH-]Cc1ccccc1.[W]. The van der Waals surface area contributed by atoms with E-state index in [9.17, 15) is 0 Å². The van der Waals surface area contributed by atoms with Crippen LogP contribution in [0.3, 0.4) is 0 Å². The molecule has 0 fully saturated rings. The summed E-state index contributed by atoms with van der Waals surface area (Å²) in [6, 6.07) is 9.76. The van der Waals surface area contributed by atoms with Crippen LogP contribution in [-0.4, -0.2) is 0 Å². The average Bonchev–Trinajstić information content (AvgIpc) is 1.90. The van der Waals surface area contributed by atoms with E-state index < -0.39 is 0 Å². The third-order valence-corrected chi connectivity index (χ3v) is 1.05. The smallest absolute Gasteiger partial charge is 0 e. The van der Waals surface area contributed by atoms with Gasteiger partial charge in [-0.05, 0) is 0 Å². The zero-order chi connectivity index (χ0) is 5.82. The molecule has 0 saturated heterocycles. The van der Waals surface area contributed by atoms with Crippen LogP contribution in [-0.2, 0) is 27.6 Å². The maximum atomic E-state index is 6.94. The van der Waals surface area contributed by atoms with E-state index in [0.717, 1.165) is 5.56 Å². The number of benzene rings is 1. The van der Waals surface area contributed by atoms with E-state index in [0.29, 0.717) is 6.54 Å². The molecule has 9 heavy (non-hydrogen) atoms. The predicted molar refractivity (Wildman–Crippen MR) is 34.5 cm³/mol. The molecule has 0 radical (unpaired) electrons. The first-order valence-electron chi connectivity index (χ1n) is 2.62. The van der Waals surface area contributed by atoms with Crippen molar-refractivity contribution in [3.05, 3.63) is 41.6 Å². The second kappa shape index (κ2) is 4.72. The minimum atomic E-state index is 0. The van der Waals surface area contributed by atoms with E-state index in [2.05, 4.69) is 0 Å². The van der Waals surface area contributed by atoms with Gasteiger partial charge in [-0.25, -0.2) is 0 Å². The van der Waals surface area contributed by atoms with E-state index in [1.807, 2.05) is 30.3 Å². The fourth-order valence-corrected chi connectivity index (χ4v) is 0.596. The molecule has 0 aromatic heterocycles. The van der Waals surface area contributed by atoms with Gasteiger partial charge in [-0.3, -0.25) is 0 Å². The Morgan fingerprint density at radius 2 is 1.67 bits per heavy atom. The van der Waals surface area contributed by atoms with Crippen molar-refractivity contribution in [1.82, 2.24) is 0 Å². The molecule has 1 aromatic rings. The predicted octanol–water partition coefficient (Wildman–Crippen LogP) is 2.24. The van der Waals surface area contributed by atoms with Gasteiger partial charge in [0.15, 0.2) is 0 Å². The van der Waals surface area contributed by atoms with Crippen molar-refractivity contribution in [1.29, 1.82) is 0 Å². The normalized spacial score (nSPS) is 8.11. The number of hydrogen-bond acceptors (Lipinski definition) is 0. The van der Waals surface area contributed by atoms with Crippen molar-refractivity contribution in [2.45, 2.75) is 6.54 Å². The molecule has 1 N–H and O–H groups in total. The van der Waals surface area contributed by atoms with Gasteiger partial charge in [0.05, 0.1) is 0 Å². The topological polar surface area (TPSA) is 23.8 Å². The van der Waals surface area contributed by atoms with Gasteiger partial charge in [0.25, 0.3) is 0 Å². The van der Waals surface area contributed by atoms with E-state index in [-0.39, 0.29) is 21.1 Å². The molecule has 1 nitrogen and oxygen atoms in total. The van der Waals surface area contributed by atoms with Gasteiger partial charge < -0.3 is 5.73 Å². The molecule has 0 aliphatic carbocycles. The van der Waals surface area contributed by atoms with Gasteiger partial charge in [-0.15, -0.1) is 6.54 Å². The van der Waals surface area contributed by atoms with E-state index in [4.69, 9.17) is 5.73 Å². The summed E-state index contributed by atoms with van der Waals surface area (Å²) in [6.07, 6.45) is 0. The maximum absolute atomic E-state index is 6.94. The molecular weight excluding hydrogens is 282 g/mol. The van der Waals surface area contributed by atoms with Crippen LogP contribution in [0.4, 0.5) is 0 Å². The summed E-state index contributed by atoms with van der Waals surface area (Å²) < 4.78 is 0. The summed E-state index contributed by atoms with van der Waals surface area (Å²) in [6.45, 7) is 0.390. The molecule has 0 amide bonds. The summed E-state index contributed by atoms with van der Waals surface area (Å²) in [5, 5.41) is 0. The zero-order valence-electron chi connectivity index (χ0n) is 5.00. The Hall–Kier alpha value is -0.132. The summed E-state index contributed by atoms with van der Waals surface area (Å²) in [5.74, 6) is 0. The molecule has 48 valence electrons. The Morgan fingerprint density at radius 3 is 2.00 bits per heavy atom. The molecule has 0 unspecified atom stereocenters. The van der Waals surface area contributed by atoms with Crippen LogP contribution in [0.1, 0.15) is 5.56 Å². The van der Waals surface area contributed by atoms with E-state index >= 15 is 0 Å². The van der Waals surface area contributed by atoms with Crippen LogP contribution >= 0.6 is 0 Å². The molecule has 0 bridgehead atoms. The molecular formula is C7H8NW-.